The molecule has 6 heteroatoms. The minimum atomic E-state index is 0.478. The van der Waals surface area contributed by atoms with Crippen molar-refractivity contribution in [2.24, 2.45) is 11.8 Å². The van der Waals surface area contributed by atoms with E-state index in [1.807, 2.05) is 16.8 Å². The number of hydrazine groups is 1. The normalized spacial score (nSPS) is 23.4. The van der Waals surface area contributed by atoms with Crippen LogP contribution < -0.4 is 16.6 Å². The third-order valence-corrected chi connectivity index (χ3v) is 3.71. The fourth-order valence-electron chi connectivity index (χ4n) is 2.63. The van der Waals surface area contributed by atoms with Crippen molar-refractivity contribution in [1.29, 1.82) is 0 Å². The summed E-state index contributed by atoms with van der Waals surface area (Å²) in [7, 11) is 0. The van der Waals surface area contributed by atoms with Crippen LogP contribution in [0.4, 0.5) is 11.6 Å². The lowest BCUT2D eigenvalue weighted by Gasteiger charge is -2.18. The Kier molecular flexibility index (Phi) is 2.79. The quantitative estimate of drug-likeness (QED) is 0.566. The Morgan fingerprint density at radius 3 is 3.06 bits per heavy atom. The summed E-state index contributed by atoms with van der Waals surface area (Å²) in [6.45, 7) is 2.28. The van der Waals surface area contributed by atoms with Gasteiger partial charge in [-0.2, -0.15) is 0 Å². The van der Waals surface area contributed by atoms with E-state index >= 15 is 0 Å². The van der Waals surface area contributed by atoms with E-state index in [0.29, 0.717) is 17.8 Å². The van der Waals surface area contributed by atoms with E-state index in [-0.39, 0.29) is 0 Å². The molecule has 0 bridgehead atoms. The molecule has 96 valence electrons. The molecule has 2 unspecified atom stereocenters. The predicted octanol–water partition coefficient (Wildman–Crippen LogP) is 1.62. The predicted molar refractivity (Wildman–Crippen MR) is 71.2 cm³/mol. The van der Waals surface area contributed by atoms with Crippen LogP contribution >= 0.6 is 0 Å². The lowest BCUT2D eigenvalue weighted by molar-refractivity contribution is 0.555. The average molecular weight is 246 g/mol. The number of anilines is 2. The van der Waals surface area contributed by atoms with Crippen LogP contribution in [-0.4, -0.2) is 20.4 Å². The lowest BCUT2D eigenvalue weighted by Crippen LogP contribution is -2.23. The largest absolute Gasteiger partial charge is 0.364 e. The molecule has 2 heterocycles. The topological polar surface area (TPSA) is 80.3 Å². The maximum absolute atomic E-state index is 5.44. The number of nitrogens with zero attached hydrogens (tertiary/aromatic N) is 3. The van der Waals surface area contributed by atoms with Crippen LogP contribution in [0.5, 0.6) is 0 Å². The van der Waals surface area contributed by atoms with Crippen LogP contribution in [0, 0.1) is 5.92 Å². The second kappa shape index (κ2) is 4.45. The van der Waals surface area contributed by atoms with Crippen molar-refractivity contribution in [3.63, 3.8) is 0 Å². The van der Waals surface area contributed by atoms with Gasteiger partial charge in [0.1, 0.15) is 0 Å². The molecule has 18 heavy (non-hydrogen) atoms. The van der Waals surface area contributed by atoms with Crippen LogP contribution in [0.1, 0.15) is 26.2 Å². The molecular formula is C12H18N6. The van der Waals surface area contributed by atoms with Gasteiger partial charge in [0, 0.05) is 18.4 Å². The third kappa shape index (κ3) is 1.88. The molecule has 0 saturated heterocycles. The highest BCUT2D eigenvalue weighted by atomic mass is 15.3. The van der Waals surface area contributed by atoms with E-state index in [2.05, 4.69) is 27.6 Å². The van der Waals surface area contributed by atoms with Crippen molar-refractivity contribution in [1.82, 2.24) is 14.4 Å². The molecule has 1 fully saturated rings. The van der Waals surface area contributed by atoms with Crippen LogP contribution in [0.3, 0.4) is 0 Å². The van der Waals surface area contributed by atoms with Crippen molar-refractivity contribution in [2.75, 3.05) is 10.7 Å². The van der Waals surface area contributed by atoms with Gasteiger partial charge in [0.25, 0.3) is 0 Å². The van der Waals surface area contributed by atoms with Gasteiger partial charge in [-0.15, -0.1) is 0 Å². The van der Waals surface area contributed by atoms with Gasteiger partial charge < -0.3 is 15.1 Å². The van der Waals surface area contributed by atoms with Crippen molar-refractivity contribution in [2.45, 2.75) is 32.2 Å². The fourth-order valence-corrected chi connectivity index (χ4v) is 2.63. The molecule has 6 nitrogen and oxygen atoms in total. The molecule has 2 aromatic rings. The summed E-state index contributed by atoms with van der Waals surface area (Å²) < 4.78 is 1.92. The summed E-state index contributed by atoms with van der Waals surface area (Å²) in [5.41, 5.74) is 3.43. The molecule has 1 aliphatic rings. The van der Waals surface area contributed by atoms with Gasteiger partial charge in [-0.3, -0.25) is 0 Å². The van der Waals surface area contributed by atoms with Crippen molar-refractivity contribution < 1.29 is 0 Å². The van der Waals surface area contributed by atoms with E-state index in [9.17, 15) is 0 Å². The second-order valence-corrected chi connectivity index (χ2v) is 4.94. The number of rotatable bonds is 3. The molecule has 0 radical (unpaired) electrons. The Hall–Kier alpha value is -1.82. The monoisotopic (exact) mass is 246 g/mol. The van der Waals surface area contributed by atoms with E-state index in [1.54, 1.807) is 6.20 Å². The molecule has 2 atom stereocenters. The maximum atomic E-state index is 5.44. The number of aromatic nitrogens is 3. The summed E-state index contributed by atoms with van der Waals surface area (Å²) in [6.07, 6.45) is 9.22. The Labute approximate surface area is 106 Å². The maximum Gasteiger partial charge on any atom is 0.180 e. The highest BCUT2D eigenvalue weighted by Gasteiger charge is 2.24. The number of imidazole rings is 1. The summed E-state index contributed by atoms with van der Waals surface area (Å²) in [6, 6.07) is 0.478. The van der Waals surface area contributed by atoms with Crippen molar-refractivity contribution in [3.8, 4) is 0 Å². The van der Waals surface area contributed by atoms with Crippen LogP contribution in [0.15, 0.2) is 18.6 Å². The first-order valence-electron chi connectivity index (χ1n) is 6.35. The first-order chi connectivity index (χ1) is 8.78. The molecule has 0 aliphatic heterocycles. The Balaban J connectivity index is 1.96. The number of hydrogen-bond donors (Lipinski definition) is 3. The molecule has 0 aromatic carbocycles. The van der Waals surface area contributed by atoms with Crippen LogP contribution in [0.2, 0.25) is 0 Å². The molecule has 3 rings (SSSR count). The first-order valence-corrected chi connectivity index (χ1v) is 6.35. The van der Waals surface area contributed by atoms with E-state index < -0.39 is 0 Å². The van der Waals surface area contributed by atoms with Crippen molar-refractivity contribution in [3.05, 3.63) is 18.6 Å². The summed E-state index contributed by atoms with van der Waals surface area (Å²) in [5, 5.41) is 3.50. The first kappa shape index (κ1) is 11.3. The Morgan fingerprint density at radius 1 is 1.44 bits per heavy atom. The van der Waals surface area contributed by atoms with E-state index in [0.717, 1.165) is 11.5 Å². The summed E-state index contributed by atoms with van der Waals surface area (Å²) in [4.78, 5) is 8.79. The SMILES string of the molecule is CC1CCCC1Nc1nc(NN)cn2ccnc12. The zero-order valence-corrected chi connectivity index (χ0v) is 10.4. The molecule has 0 amide bonds. The van der Waals surface area contributed by atoms with Gasteiger partial charge >= 0.3 is 0 Å². The smallest absolute Gasteiger partial charge is 0.180 e. The van der Waals surface area contributed by atoms with Gasteiger partial charge in [-0.25, -0.2) is 15.8 Å². The third-order valence-electron chi connectivity index (χ3n) is 3.71. The van der Waals surface area contributed by atoms with E-state index in [4.69, 9.17) is 5.84 Å². The molecule has 1 saturated carbocycles. The molecule has 4 N–H and O–H groups in total. The van der Waals surface area contributed by atoms with Crippen molar-refractivity contribution >= 4 is 17.3 Å². The Bertz CT molecular complexity index is 548. The highest BCUT2D eigenvalue weighted by molar-refractivity contribution is 5.65. The van der Waals surface area contributed by atoms with Crippen LogP contribution in [-0.2, 0) is 0 Å². The van der Waals surface area contributed by atoms with Gasteiger partial charge in [0.15, 0.2) is 17.3 Å². The molecule has 1 aliphatic carbocycles. The zero-order valence-electron chi connectivity index (χ0n) is 10.4. The highest BCUT2D eigenvalue weighted by Crippen LogP contribution is 2.28. The second-order valence-electron chi connectivity index (χ2n) is 4.94. The lowest BCUT2D eigenvalue weighted by atomic mass is 10.1. The number of nitrogens with one attached hydrogen (secondary N) is 2. The van der Waals surface area contributed by atoms with Gasteiger partial charge in [0.05, 0.1) is 6.20 Å². The average Bonchev–Trinajstić information content (AvgIpc) is 2.98. The number of nitrogen functional groups attached to an aromatic ring is 1. The minimum absolute atomic E-state index is 0.478. The number of fused-ring (bicyclic) bond motifs is 1. The zero-order chi connectivity index (χ0) is 12.5. The summed E-state index contributed by atoms with van der Waals surface area (Å²) in [5.74, 6) is 7.55. The summed E-state index contributed by atoms with van der Waals surface area (Å²) >= 11 is 0. The Morgan fingerprint density at radius 2 is 2.33 bits per heavy atom. The van der Waals surface area contributed by atoms with Crippen LogP contribution in [0.25, 0.3) is 5.65 Å². The number of nitrogens with two attached hydrogens (primary N) is 1. The van der Waals surface area contributed by atoms with Gasteiger partial charge in [0.2, 0.25) is 0 Å². The molecule has 2 aromatic heterocycles. The fraction of sp³-hybridized carbons (Fsp3) is 0.500. The number of hydrogen-bond acceptors (Lipinski definition) is 5. The van der Waals surface area contributed by atoms with Gasteiger partial charge in [-0.05, 0) is 18.8 Å². The molecular weight excluding hydrogens is 228 g/mol. The minimum Gasteiger partial charge on any atom is -0.364 e. The molecule has 0 spiro atoms. The standard InChI is InChI=1S/C12H18N6/c1-8-3-2-4-9(8)15-11-12-14-5-6-18(12)7-10(16-11)17-13/h5-9,17H,2-4,13H2,1H3,(H,15,16). The van der Waals surface area contributed by atoms with E-state index in [1.165, 1.54) is 19.3 Å². The van der Waals surface area contributed by atoms with Gasteiger partial charge in [-0.1, -0.05) is 13.3 Å².